The first-order valence-corrected chi connectivity index (χ1v) is 6.67. The Morgan fingerprint density at radius 1 is 1.33 bits per heavy atom. The molecule has 1 atom stereocenters. The van der Waals surface area contributed by atoms with Crippen LogP contribution in [-0.4, -0.2) is 7.05 Å². The lowest BCUT2D eigenvalue weighted by Crippen LogP contribution is -2.14. The van der Waals surface area contributed by atoms with Crippen LogP contribution < -0.4 is 5.32 Å². The first kappa shape index (κ1) is 13.3. The molecule has 0 aliphatic heterocycles. The molecule has 1 aromatic carbocycles. The monoisotopic (exact) mass is 311 g/mol. The Bertz CT molecular complexity index is 534. The van der Waals surface area contributed by atoms with E-state index in [4.69, 9.17) is 4.42 Å². The molecule has 2 aromatic rings. The maximum absolute atomic E-state index is 13.8. The molecule has 0 spiro atoms. The number of nitrogens with one attached hydrogen (secondary N) is 1. The summed E-state index contributed by atoms with van der Waals surface area (Å²) in [7, 11) is 1.89. The third-order valence-electron chi connectivity index (χ3n) is 2.92. The van der Waals surface area contributed by atoms with Crippen molar-refractivity contribution in [3.05, 3.63) is 46.4 Å². The number of furan rings is 1. The molecule has 0 aliphatic carbocycles. The molecule has 0 saturated heterocycles. The summed E-state index contributed by atoms with van der Waals surface area (Å²) >= 11 is 3.24. The Balaban J connectivity index is 2.34. The summed E-state index contributed by atoms with van der Waals surface area (Å²) in [4.78, 5) is 0. The first-order chi connectivity index (χ1) is 8.65. The Labute approximate surface area is 114 Å². The number of benzene rings is 1. The maximum atomic E-state index is 13.8. The Hall–Kier alpha value is -1.13. The van der Waals surface area contributed by atoms with Gasteiger partial charge in [-0.15, -0.1) is 0 Å². The van der Waals surface area contributed by atoms with Crippen LogP contribution in [0, 0.1) is 5.82 Å². The van der Waals surface area contributed by atoms with Gasteiger partial charge in [0.1, 0.15) is 17.3 Å². The van der Waals surface area contributed by atoms with Gasteiger partial charge in [0.2, 0.25) is 0 Å². The fourth-order valence-corrected chi connectivity index (χ4v) is 2.25. The Morgan fingerprint density at radius 2 is 2.11 bits per heavy atom. The van der Waals surface area contributed by atoms with Gasteiger partial charge in [0.05, 0.1) is 11.6 Å². The summed E-state index contributed by atoms with van der Waals surface area (Å²) in [6.07, 6.45) is 0.923. The van der Waals surface area contributed by atoms with E-state index in [9.17, 15) is 4.39 Å². The van der Waals surface area contributed by atoms with Crippen LogP contribution in [0.15, 0.2) is 39.2 Å². The molecule has 0 aliphatic rings. The number of hydrogen-bond acceptors (Lipinski definition) is 2. The van der Waals surface area contributed by atoms with Crippen LogP contribution in [0.25, 0.3) is 11.3 Å². The van der Waals surface area contributed by atoms with Gasteiger partial charge in [-0.25, -0.2) is 4.39 Å². The topological polar surface area (TPSA) is 25.2 Å². The summed E-state index contributed by atoms with van der Waals surface area (Å²) < 4.78 is 20.2. The van der Waals surface area contributed by atoms with Gasteiger partial charge in [-0.2, -0.15) is 0 Å². The van der Waals surface area contributed by atoms with Crippen LogP contribution in [0.2, 0.25) is 0 Å². The second-order valence-corrected chi connectivity index (χ2v) is 4.99. The molecule has 0 bridgehead atoms. The van der Waals surface area contributed by atoms with Crippen molar-refractivity contribution < 1.29 is 8.81 Å². The molecule has 1 aromatic heterocycles. The van der Waals surface area contributed by atoms with Gasteiger partial charge in [0.25, 0.3) is 0 Å². The van der Waals surface area contributed by atoms with Gasteiger partial charge in [-0.05, 0) is 43.8 Å². The van der Waals surface area contributed by atoms with E-state index in [-0.39, 0.29) is 11.9 Å². The number of halogens is 2. The van der Waals surface area contributed by atoms with Crippen LogP contribution >= 0.6 is 15.9 Å². The van der Waals surface area contributed by atoms with E-state index in [2.05, 4.69) is 28.2 Å². The van der Waals surface area contributed by atoms with E-state index in [1.54, 1.807) is 12.1 Å². The number of rotatable bonds is 4. The zero-order valence-corrected chi connectivity index (χ0v) is 11.9. The predicted octanol–water partition coefficient (Wildman–Crippen LogP) is 4.52. The van der Waals surface area contributed by atoms with E-state index >= 15 is 0 Å². The standard InChI is InChI=1S/C14H15BrFNO/c1-3-12(17-2)14-7-6-13(18-14)10-5-4-9(15)8-11(10)16/h4-8,12,17H,3H2,1-2H3. The maximum Gasteiger partial charge on any atom is 0.137 e. The van der Waals surface area contributed by atoms with E-state index in [0.29, 0.717) is 11.3 Å². The highest BCUT2D eigenvalue weighted by Crippen LogP contribution is 2.29. The van der Waals surface area contributed by atoms with Crippen LogP contribution in [0.5, 0.6) is 0 Å². The lowest BCUT2D eigenvalue weighted by Gasteiger charge is -2.10. The summed E-state index contributed by atoms with van der Waals surface area (Å²) in [5.41, 5.74) is 0.482. The molecule has 2 nitrogen and oxygen atoms in total. The molecule has 1 N–H and O–H groups in total. The van der Waals surface area contributed by atoms with Gasteiger partial charge < -0.3 is 9.73 Å². The van der Waals surface area contributed by atoms with Crippen molar-refractivity contribution >= 4 is 15.9 Å². The second kappa shape index (κ2) is 5.67. The van der Waals surface area contributed by atoms with Crippen LogP contribution in [0.1, 0.15) is 25.1 Å². The Morgan fingerprint density at radius 3 is 2.72 bits per heavy atom. The van der Waals surface area contributed by atoms with Crippen molar-refractivity contribution in [1.82, 2.24) is 5.32 Å². The largest absolute Gasteiger partial charge is 0.459 e. The van der Waals surface area contributed by atoms with Crippen LogP contribution in [-0.2, 0) is 0 Å². The minimum absolute atomic E-state index is 0.164. The fraction of sp³-hybridized carbons (Fsp3) is 0.286. The average molecular weight is 312 g/mol. The van der Waals surface area contributed by atoms with Crippen molar-refractivity contribution in [2.45, 2.75) is 19.4 Å². The Kier molecular flexibility index (Phi) is 4.19. The quantitative estimate of drug-likeness (QED) is 0.898. The SMILES string of the molecule is CCC(NC)c1ccc(-c2ccc(Br)cc2F)o1. The van der Waals surface area contributed by atoms with Gasteiger partial charge in [0, 0.05) is 4.47 Å². The molecule has 4 heteroatoms. The molecule has 96 valence electrons. The molecular weight excluding hydrogens is 297 g/mol. The third-order valence-corrected chi connectivity index (χ3v) is 3.42. The van der Waals surface area contributed by atoms with Crippen molar-refractivity contribution in [3.63, 3.8) is 0 Å². The third kappa shape index (κ3) is 2.65. The lowest BCUT2D eigenvalue weighted by atomic mass is 10.1. The fourth-order valence-electron chi connectivity index (χ4n) is 1.92. The zero-order chi connectivity index (χ0) is 13.1. The predicted molar refractivity (Wildman–Crippen MR) is 73.9 cm³/mol. The minimum atomic E-state index is -0.289. The molecule has 1 heterocycles. The second-order valence-electron chi connectivity index (χ2n) is 4.08. The molecule has 18 heavy (non-hydrogen) atoms. The smallest absolute Gasteiger partial charge is 0.137 e. The van der Waals surface area contributed by atoms with E-state index in [1.165, 1.54) is 6.07 Å². The summed E-state index contributed by atoms with van der Waals surface area (Å²) in [5.74, 6) is 1.10. The van der Waals surface area contributed by atoms with Gasteiger partial charge in [0.15, 0.2) is 0 Å². The van der Waals surface area contributed by atoms with Crippen molar-refractivity contribution in [3.8, 4) is 11.3 Å². The zero-order valence-electron chi connectivity index (χ0n) is 10.3. The normalized spacial score (nSPS) is 12.7. The van der Waals surface area contributed by atoms with E-state index < -0.39 is 0 Å². The highest BCUT2D eigenvalue weighted by molar-refractivity contribution is 9.10. The summed E-state index contributed by atoms with van der Waals surface area (Å²) in [6.45, 7) is 2.07. The molecule has 0 amide bonds. The highest BCUT2D eigenvalue weighted by Gasteiger charge is 2.14. The van der Waals surface area contributed by atoms with Crippen molar-refractivity contribution in [2.24, 2.45) is 0 Å². The van der Waals surface area contributed by atoms with Crippen molar-refractivity contribution in [1.29, 1.82) is 0 Å². The van der Waals surface area contributed by atoms with Gasteiger partial charge in [-0.1, -0.05) is 22.9 Å². The van der Waals surface area contributed by atoms with Gasteiger partial charge >= 0.3 is 0 Å². The highest BCUT2D eigenvalue weighted by atomic mass is 79.9. The number of hydrogen-bond donors (Lipinski definition) is 1. The lowest BCUT2D eigenvalue weighted by molar-refractivity contribution is 0.430. The molecule has 2 rings (SSSR count). The summed E-state index contributed by atoms with van der Waals surface area (Å²) in [6, 6.07) is 8.81. The average Bonchev–Trinajstić information content (AvgIpc) is 2.80. The molecule has 0 saturated carbocycles. The van der Waals surface area contributed by atoms with E-state index in [0.717, 1.165) is 16.7 Å². The molecule has 1 unspecified atom stereocenters. The first-order valence-electron chi connectivity index (χ1n) is 5.88. The summed E-state index contributed by atoms with van der Waals surface area (Å²) in [5, 5.41) is 3.16. The van der Waals surface area contributed by atoms with Gasteiger partial charge in [-0.3, -0.25) is 0 Å². The minimum Gasteiger partial charge on any atom is -0.459 e. The van der Waals surface area contributed by atoms with Crippen LogP contribution in [0.3, 0.4) is 0 Å². The molecule has 0 fully saturated rings. The van der Waals surface area contributed by atoms with Crippen LogP contribution in [0.4, 0.5) is 4.39 Å². The molecule has 0 radical (unpaired) electrons. The molecular formula is C14H15BrFNO. The van der Waals surface area contributed by atoms with E-state index in [1.807, 2.05) is 19.2 Å². The van der Waals surface area contributed by atoms with Crippen molar-refractivity contribution in [2.75, 3.05) is 7.05 Å².